The lowest BCUT2D eigenvalue weighted by Crippen LogP contribution is -2.50. The minimum atomic E-state index is -3.85. The van der Waals surface area contributed by atoms with E-state index in [1.54, 1.807) is 4.90 Å². The molecule has 0 aliphatic carbocycles. The Labute approximate surface area is 180 Å². The average molecular weight is 450 g/mol. The molecule has 1 saturated heterocycles. The van der Waals surface area contributed by atoms with Crippen molar-refractivity contribution >= 4 is 33.4 Å². The van der Waals surface area contributed by atoms with Gasteiger partial charge < -0.3 is 4.90 Å². The van der Waals surface area contributed by atoms with Gasteiger partial charge >= 0.3 is 0 Å². The van der Waals surface area contributed by atoms with Crippen LogP contribution in [0.1, 0.15) is 11.1 Å². The van der Waals surface area contributed by atoms with Crippen LogP contribution in [0.2, 0.25) is 0 Å². The van der Waals surface area contributed by atoms with Gasteiger partial charge in [-0.05, 0) is 43.2 Å². The van der Waals surface area contributed by atoms with Gasteiger partial charge in [-0.25, -0.2) is 8.42 Å². The van der Waals surface area contributed by atoms with Gasteiger partial charge in [0.05, 0.1) is 15.6 Å². The number of aryl methyl sites for hydroxylation is 2. The van der Waals surface area contributed by atoms with Gasteiger partial charge in [-0.1, -0.05) is 12.1 Å². The largest absolute Gasteiger partial charge is 0.339 e. The van der Waals surface area contributed by atoms with E-state index in [0.29, 0.717) is 18.8 Å². The van der Waals surface area contributed by atoms with Crippen molar-refractivity contribution < 1.29 is 18.1 Å². The molecule has 1 fully saturated rings. The monoisotopic (exact) mass is 449 g/mol. The molecule has 30 heavy (non-hydrogen) atoms. The summed E-state index contributed by atoms with van der Waals surface area (Å²) in [5.41, 5.74) is 2.10. The lowest BCUT2D eigenvalue weighted by Gasteiger charge is -2.34. The van der Waals surface area contributed by atoms with E-state index in [0.717, 1.165) is 11.0 Å². The molecule has 10 heteroatoms. The van der Waals surface area contributed by atoms with Gasteiger partial charge in [0.15, 0.2) is 0 Å². The zero-order valence-corrected chi connectivity index (χ0v) is 18.4. The molecule has 0 spiro atoms. The van der Waals surface area contributed by atoms with Crippen molar-refractivity contribution in [2.24, 2.45) is 0 Å². The number of piperazine rings is 1. The summed E-state index contributed by atoms with van der Waals surface area (Å²) >= 11 is 1.47. The Morgan fingerprint density at radius 1 is 1.07 bits per heavy atom. The number of rotatable bonds is 6. The minimum Gasteiger partial charge on any atom is -0.339 e. The molecule has 0 aromatic heterocycles. The number of thioether (sulfide) groups is 1. The van der Waals surface area contributed by atoms with Crippen molar-refractivity contribution in [3.8, 4) is 0 Å². The Balaban J connectivity index is 1.58. The van der Waals surface area contributed by atoms with Gasteiger partial charge in [-0.3, -0.25) is 14.9 Å². The summed E-state index contributed by atoms with van der Waals surface area (Å²) in [5, 5.41) is 10.9. The molecule has 0 unspecified atom stereocenters. The zero-order chi connectivity index (χ0) is 21.9. The van der Waals surface area contributed by atoms with Crippen LogP contribution in [0.5, 0.6) is 0 Å². The van der Waals surface area contributed by atoms with Crippen LogP contribution in [0, 0.1) is 24.0 Å². The van der Waals surface area contributed by atoms with Crippen molar-refractivity contribution in [3.05, 3.63) is 63.7 Å². The summed E-state index contributed by atoms with van der Waals surface area (Å²) in [7, 11) is -3.85. The van der Waals surface area contributed by atoms with Gasteiger partial charge in [0, 0.05) is 43.2 Å². The van der Waals surface area contributed by atoms with Gasteiger partial charge in [-0.2, -0.15) is 4.31 Å². The molecule has 1 aliphatic heterocycles. The van der Waals surface area contributed by atoms with Crippen LogP contribution in [-0.4, -0.2) is 60.4 Å². The Bertz CT molecular complexity index is 1060. The molecular formula is C20H23N3O5S2. The predicted octanol–water partition coefficient (Wildman–Crippen LogP) is 2.84. The van der Waals surface area contributed by atoms with E-state index in [2.05, 4.69) is 6.07 Å². The van der Waals surface area contributed by atoms with Crippen LogP contribution in [0.3, 0.4) is 0 Å². The second-order valence-electron chi connectivity index (χ2n) is 7.07. The SMILES string of the molecule is Cc1ccc(SCC(=O)N2CCN(S(=O)(=O)c3cccc([N+](=O)[O-])c3)CC2)cc1C. The van der Waals surface area contributed by atoms with Gasteiger partial charge in [0.1, 0.15) is 0 Å². The molecule has 0 bridgehead atoms. The smallest absolute Gasteiger partial charge is 0.270 e. The molecule has 1 amide bonds. The molecule has 0 atom stereocenters. The summed E-state index contributed by atoms with van der Waals surface area (Å²) in [6.45, 7) is 4.97. The molecule has 0 saturated carbocycles. The molecule has 0 N–H and O–H groups in total. The standard InChI is InChI=1S/C20H23N3O5S2/c1-15-6-7-18(12-16(15)2)29-14-20(24)21-8-10-22(11-9-21)30(27,28)19-5-3-4-17(13-19)23(25)26/h3-7,12-13H,8-11,14H2,1-2H3. The second kappa shape index (κ2) is 9.15. The number of non-ortho nitro benzene ring substituents is 1. The van der Waals surface area contributed by atoms with E-state index in [9.17, 15) is 23.3 Å². The fourth-order valence-electron chi connectivity index (χ4n) is 3.12. The zero-order valence-electron chi connectivity index (χ0n) is 16.8. The quantitative estimate of drug-likeness (QED) is 0.382. The van der Waals surface area contributed by atoms with Gasteiger partial charge in [-0.15, -0.1) is 11.8 Å². The summed E-state index contributed by atoms with van der Waals surface area (Å²) in [5.74, 6) is 0.255. The van der Waals surface area contributed by atoms with E-state index < -0.39 is 14.9 Å². The maximum atomic E-state index is 12.8. The summed E-state index contributed by atoms with van der Waals surface area (Å²) in [4.78, 5) is 25.4. The number of nitro benzene ring substituents is 1. The highest BCUT2D eigenvalue weighted by Crippen LogP contribution is 2.24. The average Bonchev–Trinajstić information content (AvgIpc) is 2.74. The molecule has 3 rings (SSSR count). The van der Waals surface area contributed by atoms with E-state index in [-0.39, 0.29) is 29.6 Å². The first-order valence-electron chi connectivity index (χ1n) is 9.41. The number of hydrogen-bond donors (Lipinski definition) is 0. The molecule has 1 aliphatic rings. The van der Waals surface area contributed by atoms with E-state index in [1.165, 1.54) is 45.4 Å². The van der Waals surface area contributed by atoms with Crippen molar-refractivity contribution in [1.82, 2.24) is 9.21 Å². The lowest BCUT2D eigenvalue weighted by atomic mass is 10.1. The maximum absolute atomic E-state index is 12.8. The highest BCUT2D eigenvalue weighted by molar-refractivity contribution is 8.00. The number of carbonyl (C=O) groups is 1. The summed E-state index contributed by atoms with van der Waals surface area (Å²) in [6, 6.07) is 11.1. The van der Waals surface area contributed by atoms with Crippen molar-refractivity contribution in [3.63, 3.8) is 0 Å². The van der Waals surface area contributed by atoms with E-state index in [4.69, 9.17) is 0 Å². The van der Waals surface area contributed by atoms with Crippen LogP contribution in [0.25, 0.3) is 0 Å². The highest BCUT2D eigenvalue weighted by Gasteiger charge is 2.30. The number of hydrogen-bond acceptors (Lipinski definition) is 6. The van der Waals surface area contributed by atoms with Crippen molar-refractivity contribution in [2.45, 2.75) is 23.6 Å². The number of carbonyl (C=O) groups excluding carboxylic acids is 1. The topological polar surface area (TPSA) is 101 Å². The molecule has 2 aromatic rings. The minimum absolute atomic E-state index is 0.0365. The maximum Gasteiger partial charge on any atom is 0.270 e. The van der Waals surface area contributed by atoms with Crippen LogP contribution in [0.4, 0.5) is 5.69 Å². The third kappa shape index (κ3) is 5.00. The molecular weight excluding hydrogens is 426 g/mol. The fraction of sp³-hybridized carbons (Fsp3) is 0.350. The first-order valence-corrected chi connectivity index (χ1v) is 11.8. The Morgan fingerprint density at radius 3 is 2.40 bits per heavy atom. The predicted molar refractivity (Wildman–Crippen MR) is 115 cm³/mol. The number of benzene rings is 2. The van der Waals surface area contributed by atoms with Crippen LogP contribution < -0.4 is 0 Å². The molecule has 8 nitrogen and oxygen atoms in total. The van der Waals surface area contributed by atoms with Crippen LogP contribution in [-0.2, 0) is 14.8 Å². The van der Waals surface area contributed by atoms with E-state index in [1.807, 2.05) is 26.0 Å². The Morgan fingerprint density at radius 2 is 1.77 bits per heavy atom. The Hall–Kier alpha value is -2.43. The molecule has 1 heterocycles. The lowest BCUT2D eigenvalue weighted by molar-refractivity contribution is -0.385. The van der Waals surface area contributed by atoms with Gasteiger partial charge in [0.2, 0.25) is 15.9 Å². The molecule has 2 aromatic carbocycles. The summed E-state index contributed by atoms with van der Waals surface area (Å²) < 4.78 is 26.9. The third-order valence-corrected chi connectivity index (χ3v) is 7.97. The van der Waals surface area contributed by atoms with Crippen LogP contribution in [0.15, 0.2) is 52.3 Å². The summed E-state index contributed by atoms with van der Waals surface area (Å²) in [6.07, 6.45) is 0. The number of nitro groups is 1. The number of amides is 1. The van der Waals surface area contributed by atoms with Crippen molar-refractivity contribution in [1.29, 1.82) is 0 Å². The first-order chi connectivity index (χ1) is 14.2. The Kier molecular flexibility index (Phi) is 6.79. The highest BCUT2D eigenvalue weighted by atomic mass is 32.2. The normalized spacial score (nSPS) is 15.2. The van der Waals surface area contributed by atoms with Gasteiger partial charge in [0.25, 0.3) is 5.69 Å². The van der Waals surface area contributed by atoms with Crippen molar-refractivity contribution in [2.75, 3.05) is 31.9 Å². The second-order valence-corrected chi connectivity index (χ2v) is 10.1. The van der Waals surface area contributed by atoms with Crippen LogP contribution >= 0.6 is 11.8 Å². The molecule has 0 radical (unpaired) electrons. The number of sulfonamides is 1. The number of nitrogens with zero attached hydrogens (tertiary/aromatic N) is 3. The third-order valence-electron chi connectivity index (χ3n) is 5.10. The first kappa shape index (κ1) is 22.3. The molecule has 160 valence electrons. The fourth-order valence-corrected chi connectivity index (χ4v) is 5.48. The van der Waals surface area contributed by atoms with E-state index >= 15 is 0 Å².